The van der Waals surface area contributed by atoms with Crippen LogP contribution in [0.3, 0.4) is 0 Å². The van der Waals surface area contributed by atoms with E-state index in [2.05, 4.69) is 5.32 Å². The second kappa shape index (κ2) is 6.30. The van der Waals surface area contributed by atoms with Crippen LogP contribution in [0.15, 0.2) is 33.5 Å². The highest BCUT2D eigenvalue weighted by atomic mass is 16.5. The Labute approximate surface area is 125 Å². The van der Waals surface area contributed by atoms with E-state index in [1.54, 1.807) is 19.1 Å². The zero-order valence-electron chi connectivity index (χ0n) is 12.1. The van der Waals surface area contributed by atoms with Gasteiger partial charge >= 0.3 is 11.6 Å². The Morgan fingerprint density at radius 3 is 2.77 bits per heavy atom. The average Bonchev–Trinajstić information content (AvgIpc) is 2.44. The van der Waals surface area contributed by atoms with Crippen LogP contribution in [0.2, 0.25) is 0 Å². The van der Waals surface area contributed by atoms with Crippen molar-refractivity contribution in [2.75, 3.05) is 6.61 Å². The first-order chi connectivity index (χ1) is 10.4. The first-order valence-electron chi connectivity index (χ1n) is 6.56. The summed E-state index contributed by atoms with van der Waals surface area (Å²) in [6, 6.07) is 5.28. The number of fused-ring (bicyclic) bond motifs is 1. The molecule has 1 aromatic heterocycles. The molecule has 7 nitrogen and oxygen atoms in total. The molecule has 1 aromatic carbocycles. The molecular weight excluding hydrogens is 290 g/mol. The van der Waals surface area contributed by atoms with Gasteiger partial charge in [0.2, 0.25) is 0 Å². The summed E-state index contributed by atoms with van der Waals surface area (Å²) in [7, 11) is 0. The third kappa shape index (κ3) is 3.63. The maximum absolute atomic E-state index is 11.5. The van der Waals surface area contributed by atoms with Crippen molar-refractivity contribution >= 4 is 22.8 Å². The van der Waals surface area contributed by atoms with Crippen molar-refractivity contribution in [3.8, 4) is 5.75 Å². The van der Waals surface area contributed by atoms with Gasteiger partial charge in [0.25, 0.3) is 5.91 Å². The van der Waals surface area contributed by atoms with E-state index in [9.17, 15) is 14.4 Å². The van der Waals surface area contributed by atoms with Crippen LogP contribution in [-0.2, 0) is 9.59 Å². The molecule has 0 aliphatic rings. The Bertz CT molecular complexity index is 779. The number of carbonyl (C=O) groups is 2. The van der Waals surface area contributed by atoms with Gasteiger partial charge in [-0.3, -0.25) is 9.59 Å². The second-order valence-corrected chi connectivity index (χ2v) is 4.82. The van der Waals surface area contributed by atoms with Crippen LogP contribution in [-0.4, -0.2) is 29.6 Å². The molecule has 0 saturated carbocycles. The van der Waals surface area contributed by atoms with Crippen LogP contribution in [0.1, 0.15) is 12.5 Å². The molecule has 2 rings (SSSR count). The Kier molecular flexibility index (Phi) is 4.45. The molecule has 0 aliphatic heterocycles. The molecule has 1 amide bonds. The van der Waals surface area contributed by atoms with Crippen LogP contribution in [0.5, 0.6) is 5.75 Å². The topological polar surface area (TPSA) is 106 Å². The minimum Gasteiger partial charge on any atom is -0.484 e. The van der Waals surface area contributed by atoms with Crippen LogP contribution in [0.25, 0.3) is 11.0 Å². The fourth-order valence-corrected chi connectivity index (χ4v) is 1.89. The first-order valence-corrected chi connectivity index (χ1v) is 6.56. The lowest BCUT2D eigenvalue weighted by Gasteiger charge is -2.10. The average molecular weight is 305 g/mol. The lowest BCUT2D eigenvalue weighted by atomic mass is 10.1. The van der Waals surface area contributed by atoms with Gasteiger partial charge in [0.1, 0.15) is 17.4 Å². The van der Waals surface area contributed by atoms with Crippen molar-refractivity contribution < 1.29 is 23.8 Å². The highest BCUT2D eigenvalue weighted by Gasteiger charge is 2.14. The third-order valence-corrected chi connectivity index (χ3v) is 3.04. The normalized spacial score (nSPS) is 11.9. The summed E-state index contributed by atoms with van der Waals surface area (Å²) in [6.45, 7) is 2.81. The molecule has 0 radical (unpaired) electrons. The predicted molar refractivity (Wildman–Crippen MR) is 78.0 cm³/mol. The van der Waals surface area contributed by atoms with E-state index in [1.165, 1.54) is 19.1 Å². The van der Waals surface area contributed by atoms with E-state index in [0.29, 0.717) is 11.3 Å². The van der Waals surface area contributed by atoms with Crippen molar-refractivity contribution in [1.82, 2.24) is 5.32 Å². The largest absolute Gasteiger partial charge is 0.484 e. The van der Waals surface area contributed by atoms with Gasteiger partial charge in [-0.15, -0.1) is 0 Å². The molecule has 1 heterocycles. The molecule has 2 aromatic rings. The van der Waals surface area contributed by atoms with E-state index < -0.39 is 23.5 Å². The number of aryl methyl sites for hydroxylation is 1. The van der Waals surface area contributed by atoms with E-state index in [-0.39, 0.29) is 6.61 Å². The molecule has 0 fully saturated rings. The highest BCUT2D eigenvalue weighted by Crippen LogP contribution is 2.22. The number of carboxylic acids is 1. The minimum atomic E-state index is -1.13. The second-order valence-electron chi connectivity index (χ2n) is 4.82. The minimum absolute atomic E-state index is 0.334. The SMILES string of the molecule is Cc1cc(=O)oc2cc(OCC(=O)NC(C)C(=O)O)ccc12. The zero-order valence-corrected chi connectivity index (χ0v) is 12.1. The van der Waals surface area contributed by atoms with Crippen molar-refractivity contribution in [2.24, 2.45) is 0 Å². The Morgan fingerprint density at radius 2 is 2.09 bits per heavy atom. The summed E-state index contributed by atoms with van der Waals surface area (Å²) < 4.78 is 10.3. The molecule has 22 heavy (non-hydrogen) atoms. The fourth-order valence-electron chi connectivity index (χ4n) is 1.89. The van der Waals surface area contributed by atoms with Crippen molar-refractivity contribution in [3.05, 3.63) is 40.2 Å². The smallest absolute Gasteiger partial charge is 0.336 e. The summed E-state index contributed by atoms with van der Waals surface area (Å²) >= 11 is 0. The van der Waals surface area contributed by atoms with Gasteiger partial charge in [0.05, 0.1) is 0 Å². The van der Waals surface area contributed by atoms with Crippen molar-refractivity contribution in [3.63, 3.8) is 0 Å². The van der Waals surface area contributed by atoms with E-state index >= 15 is 0 Å². The Morgan fingerprint density at radius 1 is 1.36 bits per heavy atom. The molecule has 116 valence electrons. The molecule has 0 saturated heterocycles. The number of aliphatic carboxylic acids is 1. The number of carboxylic acid groups (broad SMARTS) is 1. The van der Waals surface area contributed by atoms with E-state index in [0.717, 1.165) is 10.9 Å². The summed E-state index contributed by atoms with van der Waals surface area (Å²) in [5, 5.41) is 11.7. The molecule has 0 aliphatic carbocycles. The van der Waals surface area contributed by atoms with Gasteiger partial charge in [0.15, 0.2) is 6.61 Å². The summed E-state index contributed by atoms with van der Waals surface area (Å²) in [6.07, 6.45) is 0. The quantitative estimate of drug-likeness (QED) is 0.800. The molecule has 1 unspecified atom stereocenters. The molecule has 0 spiro atoms. The lowest BCUT2D eigenvalue weighted by Crippen LogP contribution is -2.40. The van der Waals surface area contributed by atoms with Gasteiger partial charge in [-0.25, -0.2) is 4.79 Å². The number of rotatable bonds is 5. The van der Waals surface area contributed by atoms with E-state index in [1.807, 2.05) is 0 Å². The van der Waals surface area contributed by atoms with Crippen LogP contribution in [0.4, 0.5) is 0 Å². The van der Waals surface area contributed by atoms with Gasteiger partial charge in [-0.2, -0.15) is 0 Å². The number of benzene rings is 1. The number of hydrogen-bond acceptors (Lipinski definition) is 5. The molecule has 0 bridgehead atoms. The number of carbonyl (C=O) groups excluding carboxylic acids is 1. The maximum Gasteiger partial charge on any atom is 0.336 e. The van der Waals surface area contributed by atoms with Crippen LogP contribution in [0, 0.1) is 6.92 Å². The van der Waals surface area contributed by atoms with Gasteiger partial charge in [0, 0.05) is 17.5 Å². The first kappa shape index (κ1) is 15.6. The summed E-state index contributed by atoms with van der Waals surface area (Å²) in [4.78, 5) is 33.5. The fraction of sp³-hybridized carbons (Fsp3) is 0.267. The predicted octanol–water partition coefficient (Wildman–Crippen LogP) is 1.07. The monoisotopic (exact) mass is 305 g/mol. The van der Waals surface area contributed by atoms with E-state index in [4.69, 9.17) is 14.3 Å². The Balaban J connectivity index is 2.08. The van der Waals surface area contributed by atoms with Crippen LogP contribution >= 0.6 is 0 Å². The number of amides is 1. The third-order valence-electron chi connectivity index (χ3n) is 3.04. The van der Waals surface area contributed by atoms with Gasteiger partial charge < -0.3 is 19.6 Å². The molecule has 2 N–H and O–H groups in total. The van der Waals surface area contributed by atoms with Crippen LogP contribution < -0.4 is 15.7 Å². The molecule has 1 atom stereocenters. The highest BCUT2D eigenvalue weighted by molar-refractivity contribution is 5.84. The summed E-state index contributed by atoms with van der Waals surface area (Å²) in [5.41, 5.74) is 0.683. The van der Waals surface area contributed by atoms with Gasteiger partial charge in [-0.05, 0) is 31.5 Å². The standard InChI is InChI=1S/C15H15NO6/c1-8-5-14(18)22-12-6-10(3-4-11(8)12)21-7-13(17)16-9(2)15(19)20/h3-6,9H,7H2,1-2H3,(H,16,17)(H,19,20). The number of nitrogens with one attached hydrogen (secondary N) is 1. The summed E-state index contributed by atoms with van der Waals surface area (Å²) in [5.74, 6) is -1.34. The number of ether oxygens (including phenoxy) is 1. The molecular formula is C15H15NO6. The maximum atomic E-state index is 11.5. The zero-order chi connectivity index (χ0) is 16.3. The van der Waals surface area contributed by atoms with Crippen molar-refractivity contribution in [2.45, 2.75) is 19.9 Å². The number of hydrogen-bond donors (Lipinski definition) is 2. The van der Waals surface area contributed by atoms with Gasteiger partial charge in [-0.1, -0.05) is 0 Å². The Hall–Kier alpha value is -2.83. The lowest BCUT2D eigenvalue weighted by molar-refractivity contribution is -0.141. The van der Waals surface area contributed by atoms with Crippen molar-refractivity contribution in [1.29, 1.82) is 0 Å². The molecule has 7 heteroatoms.